The second-order valence-corrected chi connectivity index (χ2v) is 8.31. The number of nitrogens with zero attached hydrogens (tertiary/aromatic N) is 1. The Kier molecular flexibility index (Phi) is 3.61. The van der Waals surface area contributed by atoms with Gasteiger partial charge in [0.2, 0.25) is 0 Å². The van der Waals surface area contributed by atoms with Crippen LogP contribution < -0.4 is 10.3 Å². The van der Waals surface area contributed by atoms with E-state index in [4.69, 9.17) is 15.4 Å². The van der Waals surface area contributed by atoms with Gasteiger partial charge in [-0.2, -0.15) is 0 Å². The van der Waals surface area contributed by atoms with Gasteiger partial charge in [0.05, 0.1) is 10.6 Å². The number of hydrogen-bond acceptors (Lipinski definition) is 4. The molecule has 0 saturated heterocycles. The minimum absolute atomic E-state index is 0.0453. The highest BCUT2D eigenvalue weighted by molar-refractivity contribution is 8.13. The quantitative estimate of drug-likeness (QED) is 0.780. The van der Waals surface area contributed by atoms with E-state index in [1.165, 1.54) is 22.8 Å². The van der Waals surface area contributed by atoms with Crippen molar-refractivity contribution >= 4 is 25.4 Å². The molecule has 2 aromatic rings. The largest absolute Gasteiger partial charge is 0.483 e. The normalized spacial score (nSPS) is 16.2. The molecule has 0 atom stereocenters. The van der Waals surface area contributed by atoms with Gasteiger partial charge in [-0.05, 0) is 44.2 Å². The summed E-state index contributed by atoms with van der Waals surface area (Å²) in [5.41, 5.74) is 0.198. The molecular formula is C16H14ClNO4S. The topological polar surface area (TPSA) is 65.4 Å². The van der Waals surface area contributed by atoms with E-state index >= 15 is 0 Å². The number of fused-ring (bicyclic) bond motifs is 1. The summed E-state index contributed by atoms with van der Waals surface area (Å²) in [5, 5.41) is 0. The molecule has 5 nitrogen and oxygen atoms in total. The van der Waals surface area contributed by atoms with Gasteiger partial charge in [0.15, 0.2) is 0 Å². The molecule has 1 aliphatic heterocycles. The van der Waals surface area contributed by atoms with E-state index in [-0.39, 0.29) is 10.5 Å². The fourth-order valence-corrected chi connectivity index (χ4v) is 3.27. The fourth-order valence-electron chi connectivity index (χ4n) is 2.50. The van der Waals surface area contributed by atoms with E-state index in [0.717, 1.165) is 0 Å². The van der Waals surface area contributed by atoms with Crippen LogP contribution in [0, 0.1) is 0 Å². The molecule has 1 aromatic carbocycles. The third-order valence-corrected chi connectivity index (χ3v) is 4.80. The third kappa shape index (κ3) is 3.04. The molecule has 1 aromatic heterocycles. The van der Waals surface area contributed by atoms with Gasteiger partial charge in [0, 0.05) is 28.5 Å². The fraction of sp³-hybridized carbons (Fsp3) is 0.188. The van der Waals surface area contributed by atoms with Crippen LogP contribution in [0.25, 0.3) is 5.70 Å². The van der Waals surface area contributed by atoms with Crippen molar-refractivity contribution in [2.24, 2.45) is 0 Å². The third-order valence-electron chi connectivity index (χ3n) is 3.45. The zero-order valence-electron chi connectivity index (χ0n) is 12.5. The minimum atomic E-state index is -3.88. The lowest BCUT2D eigenvalue weighted by atomic mass is 9.99. The lowest BCUT2D eigenvalue weighted by molar-refractivity contribution is 0.157. The van der Waals surface area contributed by atoms with Crippen molar-refractivity contribution in [2.45, 2.75) is 24.3 Å². The second-order valence-electron chi connectivity index (χ2n) is 5.74. The van der Waals surface area contributed by atoms with Crippen molar-refractivity contribution in [3.63, 3.8) is 0 Å². The SMILES string of the molecule is CC1(C)C=C(n2ccccc2=O)c2cc(S(=O)(=O)Cl)ccc2O1. The molecule has 120 valence electrons. The number of rotatable bonds is 2. The molecule has 7 heteroatoms. The van der Waals surface area contributed by atoms with Crippen LogP contribution in [0.1, 0.15) is 19.4 Å². The molecule has 3 rings (SSSR count). The number of benzene rings is 1. The van der Waals surface area contributed by atoms with E-state index in [1.54, 1.807) is 30.5 Å². The Balaban J connectivity index is 2.30. The van der Waals surface area contributed by atoms with E-state index < -0.39 is 14.7 Å². The zero-order chi connectivity index (χ0) is 16.8. The summed E-state index contributed by atoms with van der Waals surface area (Å²) in [6, 6.07) is 9.15. The molecule has 0 bridgehead atoms. The first-order valence-corrected chi connectivity index (χ1v) is 9.17. The maximum atomic E-state index is 12.2. The monoisotopic (exact) mass is 351 g/mol. The van der Waals surface area contributed by atoms with E-state index in [1.807, 2.05) is 13.8 Å². The van der Waals surface area contributed by atoms with E-state index in [2.05, 4.69) is 0 Å². The van der Waals surface area contributed by atoms with Gasteiger partial charge in [-0.3, -0.25) is 9.36 Å². The number of aromatic nitrogens is 1. The molecule has 0 spiro atoms. The molecule has 0 saturated carbocycles. The molecular weight excluding hydrogens is 338 g/mol. The average Bonchev–Trinajstić information content (AvgIpc) is 2.44. The minimum Gasteiger partial charge on any atom is -0.483 e. The van der Waals surface area contributed by atoms with Crippen molar-refractivity contribution in [1.82, 2.24) is 4.57 Å². The van der Waals surface area contributed by atoms with E-state index in [0.29, 0.717) is 17.0 Å². The summed E-state index contributed by atoms with van der Waals surface area (Å²) in [5.74, 6) is 0.493. The maximum absolute atomic E-state index is 12.2. The Bertz CT molecular complexity index is 974. The lowest BCUT2D eigenvalue weighted by Gasteiger charge is -2.31. The first-order chi connectivity index (χ1) is 10.7. The standard InChI is InChI=1S/C16H14ClNO4S/c1-16(2)10-13(18-8-4-3-5-15(18)19)12-9-11(23(17,20)21)6-7-14(12)22-16/h3-10H,1-2H3. The van der Waals surface area contributed by atoms with Crippen LogP contribution in [0.3, 0.4) is 0 Å². The van der Waals surface area contributed by atoms with Gasteiger partial charge >= 0.3 is 0 Å². The van der Waals surface area contributed by atoms with Gasteiger partial charge in [0.25, 0.3) is 14.6 Å². The highest BCUT2D eigenvalue weighted by Crippen LogP contribution is 2.38. The molecule has 2 heterocycles. The van der Waals surface area contributed by atoms with Crippen molar-refractivity contribution < 1.29 is 13.2 Å². The van der Waals surface area contributed by atoms with Gasteiger partial charge in [-0.1, -0.05) is 6.07 Å². The first kappa shape index (κ1) is 15.8. The summed E-state index contributed by atoms with van der Waals surface area (Å²) >= 11 is 0. The Labute approximate surface area is 138 Å². The van der Waals surface area contributed by atoms with Crippen molar-refractivity contribution in [2.75, 3.05) is 0 Å². The van der Waals surface area contributed by atoms with Gasteiger partial charge in [0.1, 0.15) is 11.4 Å². The van der Waals surface area contributed by atoms with E-state index in [9.17, 15) is 13.2 Å². The molecule has 0 amide bonds. The molecule has 23 heavy (non-hydrogen) atoms. The van der Waals surface area contributed by atoms with Crippen LogP contribution in [0.2, 0.25) is 0 Å². The lowest BCUT2D eigenvalue weighted by Crippen LogP contribution is -2.32. The molecule has 0 radical (unpaired) electrons. The van der Waals surface area contributed by atoms with Crippen LogP contribution >= 0.6 is 10.7 Å². The first-order valence-electron chi connectivity index (χ1n) is 6.86. The van der Waals surface area contributed by atoms with Crippen molar-refractivity contribution in [3.8, 4) is 5.75 Å². The Morgan fingerprint density at radius 3 is 2.57 bits per heavy atom. The van der Waals surface area contributed by atoms with Gasteiger partial charge < -0.3 is 4.74 Å². The molecule has 0 unspecified atom stereocenters. The Morgan fingerprint density at radius 1 is 1.17 bits per heavy atom. The van der Waals surface area contributed by atoms with Gasteiger partial charge in [-0.25, -0.2) is 8.42 Å². The van der Waals surface area contributed by atoms with Crippen LogP contribution in [0.4, 0.5) is 0 Å². The predicted octanol–water partition coefficient (Wildman–Crippen LogP) is 2.84. The van der Waals surface area contributed by atoms with Crippen LogP contribution in [-0.4, -0.2) is 18.6 Å². The smallest absolute Gasteiger partial charge is 0.261 e. The summed E-state index contributed by atoms with van der Waals surface area (Å²) in [7, 11) is 1.55. The number of halogens is 1. The maximum Gasteiger partial charge on any atom is 0.261 e. The highest BCUT2D eigenvalue weighted by Gasteiger charge is 2.29. The molecule has 0 aliphatic carbocycles. The summed E-state index contributed by atoms with van der Waals surface area (Å²) in [4.78, 5) is 12.1. The van der Waals surface area contributed by atoms with Crippen molar-refractivity contribution in [1.29, 1.82) is 0 Å². The summed E-state index contributed by atoms with van der Waals surface area (Å²) < 4.78 is 30.5. The zero-order valence-corrected chi connectivity index (χ0v) is 14.1. The summed E-state index contributed by atoms with van der Waals surface area (Å²) in [6.45, 7) is 3.71. The van der Waals surface area contributed by atoms with Crippen LogP contribution in [-0.2, 0) is 9.05 Å². The molecule has 0 fully saturated rings. The van der Waals surface area contributed by atoms with Gasteiger partial charge in [-0.15, -0.1) is 0 Å². The van der Waals surface area contributed by atoms with Crippen LogP contribution in [0.5, 0.6) is 5.75 Å². The number of hydrogen-bond donors (Lipinski definition) is 0. The van der Waals surface area contributed by atoms with Crippen LogP contribution in [0.15, 0.2) is 58.4 Å². The molecule has 1 aliphatic rings. The second kappa shape index (κ2) is 5.25. The average molecular weight is 352 g/mol. The Morgan fingerprint density at radius 2 is 1.91 bits per heavy atom. The Hall–Kier alpha value is -2.05. The molecule has 0 N–H and O–H groups in total. The highest BCUT2D eigenvalue weighted by atomic mass is 35.7. The summed E-state index contributed by atoms with van der Waals surface area (Å²) in [6.07, 6.45) is 3.41. The number of ether oxygens (including phenoxy) is 1. The van der Waals surface area contributed by atoms with Crippen molar-refractivity contribution in [3.05, 3.63) is 64.6 Å². The predicted molar refractivity (Wildman–Crippen MR) is 88.3 cm³/mol. The number of pyridine rings is 1.